The van der Waals surface area contributed by atoms with Gasteiger partial charge in [-0.3, -0.25) is 19.3 Å². The number of para-hydroxylation sites is 1. The van der Waals surface area contributed by atoms with Gasteiger partial charge in [0.2, 0.25) is 5.91 Å². The first-order valence-corrected chi connectivity index (χ1v) is 14.2. The zero-order chi connectivity index (χ0) is 28.2. The van der Waals surface area contributed by atoms with Crippen molar-refractivity contribution >= 4 is 79.0 Å². The van der Waals surface area contributed by atoms with Crippen molar-refractivity contribution in [1.29, 1.82) is 0 Å². The van der Waals surface area contributed by atoms with Crippen molar-refractivity contribution in [3.05, 3.63) is 98.7 Å². The lowest BCUT2D eigenvalue weighted by molar-refractivity contribution is -0.127. The number of imide groups is 1. The van der Waals surface area contributed by atoms with Crippen molar-refractivity contribution in [2.45, 2.75) is 13.0 Å². The van der Waals surface area contributed by atoms with Crippen LogP contribution < -0.4 is 10.1 Å². The van der Waals surface area contributed by atoms with Crippen LogP contribution in [-0.4, -0.2) is 39.7 Å². The van der Waals surface area contributed by atoms with E-state index in [4.69, 9.17) is 16.3 Å². The number of hydrogen-bond acceptors (Lipinski definition) is 5. The molecule has 0 aliphatic carbocycles. The second-order valence-corrected chi connectivity index (χ2v) is 11.2. The van der Waals surface area contributed by atoms with E-state index < -0.39 is 29.4 Å². The summed E-state index contributed by atoms with van der Waals surface area (Å²) in [5.41, 5.74) is 2.10. The first-order valence-electron chi connectivity index (χ1n) is 12.2. The number of amides is 3. The Morgan fingerprint density at radius 2 is 1.88 bits per heavy atom. The van der Waals surface area contributed by atoms with E-state index in [0.717, 1.165) is 37.6 Å². The van der Waals surface area contributed by atoms with Gasteiger partial charge in [0.05, 0.1) is 16.5 Å². The summed E-state index contributed by atoms with van der Waals surface area (Å²) in [6, 6.07) is 18.4. The van der Waals surface area contributed by atoms with Crippen LogP contribution in [0.1, 0.15) is 12.0 Å². The van der Waals surface area contributed by atoms with E-state index in [1.807, 2.05) is 42.6 Å². The van der Waals surface area contributed by atoms with E-state index in [1.54, 1.807) is 12.1 Å². The molecule has 40 heavy (non-hydrogen) atoms. The Labute approximate surface area is 247 Å². The first-order chi connectivity index (χ1) is 19.3. The standard InChI is InChI=1S/C29H22BrClFN3O4S/c30-19-6-11-24-22(15-19)18(16-34(24)12-3-13-39-25-5-2-1-4-23(25)31)14-26-28(37)35(29(38)40-26)17-27(36)33-21-9-7-20(32)8-10-21/h1-2,4-11,14-16H,3,12-13,17H2,(H,33,36)/b26-14-. The number of hydrogen-bond donors (Lipinski definition) is 1. The molecule has 3 aromatic carbocycles. The smallest absolute Gasteiger partial charge is 0.294 e. The molecule has 11 heteroatoms. The highest BCUT2D eigenvalue weighted by Gasteiger charge is 2.36. The molecule has 5 rings (SSSR count). The zero-order valence-electron chi connectivity index (χ0n) is 20.9. The fraction of sp³-hybridized carbons (Fsp3) is 0.138. The maximum atomic E-state index is 13.1. The molecule has 1 aromatic heterocycles. The van der Waals surface area contributed by atoms with E-state index in [1.165, 1.54) is 24.3 Å². The molecule has 0 saturated carbocycles. The van der Waals surface area contributed by atoms with E-state index in [0.29, 0.717) is 36.0 Å². The Bertz CT molecular complexity index is 1640. The topological polar surface area (TPSA) is 80.6 Å². The predicted molar refractivity (Wildman–Crippen MR) is 159 cm³/mol. The van der Waals surface area contributed by atoms with E-state index in [-0.39, 0.29) is 4.91 Å². The van der Waals surface area contributed by atoms with Crippen LogP contribution in [0.4, 0.5) is 14.9 Å². The molecular weight excluding hydrogens is 621 g/mol. The minimum Gasteiger partial charge on any atom is -0.492 e. The van der Waals surface area contributed by atoms with Crippen LogP contribution in [0.25, 0.3) is 17.0 Å². The average molecular weight is 643 g/mol. The van der Waals surface area contributed by atoms with E-state index in [2.05, 4.69) is 25.8 Å². The second-order valence-electron chi connectivity index (χ2n) is 8.89. The molecule has 3 amide bonds. The van der Waals surface area contributed by atoms with Gasteiger partial charge in [-0.05, 0) is 78.9 Å². The summed E-state index contributed by atoms with van der Waals surface area (Å²) in [5, 5.41) is 3.49. The molecule has 0 unspecified atom stereocenters. The van der Waals surface area contributed by atoms with Gasteiger partial charge in [0.25, 0.3) is 11.1 Å². The van der Waals surface area contributed by atoms with Crippen molar-refractivity contribution in [3.63, 3.8) is 0 Å². The maximum absolute atomic E-state index is 13.1. The monoisotopic (exact) mass is 641 g/mol. The number of ether oxygens (including phenoxy) is 1. The van der Waals surface area contributed by atoms with Gasteiger partial charge in [0.1, 0.15) is 18.1 Å². The number of aryl methyl sites for hydroxylation is 1. The van der Waals surface area contributed by atoms with Gasteiger partial charge in [-0.25, -0.2) is 4.39 Å². The summed E-state index contributed by atoms with van der Waals surface area (Å²) in [7, 11) is 0. The molecule has 1 N–H and O–H groups in total. The van der Waals surface area contributed by atoms with Gasteiger partial charge in [-0.2, -0.15) is 0 Å². The molecule has 1 aliphatic rings. The highest BCUT2D eigenvalue weighted by Crippen LogP contribution is 2.35. The third-order valence-corrected chi connectivity index (χ3v) is 7.81. The predicted octanol–water partition coefficient (Wildman–Crippen LogP) is 7.34. The highest BCUT2D eigenvalue weighted by atomic mass is 79.9. The van der Waals surface area contributed by atoms with Gasteiger partial charge in [0.15, 0.2) is 0 Å². The van der Waals surface area contributed by atoms with Gasteiger partial charge in [-0.15, -0.1) is 0 Å². The van der Waals surface area contributed by atoms with Gasteiger partial charge in [-0.1, -0.05) is 39.7 Å². The van der Waals surface area contributed by atoms with Crippen molar-refractivity contribution in [2.24, 2.45) is 0 Å². The minimum atomic E-state index is -0.560. The van der Waals surface area contributed by atoms with Crippen LogP contribution in [0.5, 0.6) is 5.75 Å². The fourth-order valence-corrected chi connectivity index (χ4v) is 5.61. The van der Waals surface area contributed by atoms with Gasteiger partial charge < -0.3 is 14.6 Å². The number of nitrogens with one attached hydrogen (secondary N) is 1. The Hall–Kier alpha value is -3.60. The molecule has 0 spiro atoms. The number of anilines is 1. The summed E-state index contributed by atoms with van der Waals surface area (Å²) in [6.07, 6.45) is 4.32. The molecule has 2 heterocycles. The summed E-state index contributed by atoms with van der Waals surface area (Å²) >= 11 is 10.5. The number of carbonyl (C=O) groups is 3. The number of carbonyl (C=O) groups excluding carboxylic acids is 3. The second kappa shape index (κ2) is 12.3. The maximum Gasteiger partial charge on any atom is 0.294 e. The van der Waals surface area contributed by atoms with Gasteiger partial charge >= 0.3 is 0 Å². The summed E-state index contributed by atoms with van der Waals surface area (Å²) in [5.74, 6) is -0.913. The Morgan fingerprint density at radius 1 is 1.10 bits per heavy atom. The molecule has 1 fully saturated rings. The van der Waals surface area contributed by atoms with Crippen LogP contribution >= 0.6 is 39.3 Å². The van der Waals surface area contributed by atoms with E-state index in [9.17, 15) is 18.8 Å². The van der Waals surface area contributed by atoms with E-state index >= 15 is 0 Å². The quantitative estimate of drug-likeness (QED) is 0.153. The molecule has 7 nitrogen and oxygen atoms in total. The lowest BCUT2D eigenvalue weighted by Crippen LogP contribution is -2.36. The number of fused-ring (bicyclic) bond motifs is 1. The van der Waals surface area contributed by atoms with Crippen molar-refractivity contribution in [3.8, 4) is 5.75 Å². The summed E-state index contributed by atoms with van der Waals surface area (Å²) in [4.78, 5) is 39.3. The molecule has 204 valence electrons. The SMILES string of the molecule is O=C(CN1C(=O)S/C(=C\c2cn(CCCOc3ccccc3Cl)c3ccc(Br)cc23)C1=O)Nc1ccc(F)cc1. The average Bonchev–Trinajstić information content (AvgIpc) is 3.40. The van der Waals surface area contributed by atoms with Crippen LogP contribution in [0.15, 0.2) is 82.3 Å². The van der Waals surface area contributed by atoms with Crippen LogP contribution in [0.2, 0.25) is 5.02 Å². The number of halogens is 3. The van der Waals surface area contributed by atoms with Crippen LogP contribution in [0, 0.1) is 5.82 Å². The third kappa shape index (κ3) is 6.41. The number of nitrogens with zero attached hydrogens (tertiary/aromatic N) is 2. The molecule has 1 aliphatic heterocycles. The third-order valence-electron chi connectivity index (χ3n) is 6.10. The summed E-state index contributed by atoms with van der Waals surface area (Å²) < 4.78 is 21.9. The minimum absolute atomic E-state index is 0.223. The zero-order valence-corrected chi connectivity index (χ0v) is 24.1. The fourth-order valence-electron chi connectivity index (χ4n) is 4.23. The van der Waals surface area contributed by atoms with Crippen molar-refractivity contribution < 1.29 is 23.5 Å². The molecule has 0 bridgehead atoms. The largest absolute Gasteiger partial charge is 0.492 e. The summed E-state index contributed by atoms with van der Waals surface area (Å²) in [6.45, 7) is 0.674. The number of aromatic nitrogens is 1. The lowest BCUT2D eigenvalue weighted by Gasteiger charge is -2.12. The first kappa shape index (κ1) is 27.9. The molecule has 4 aromatic rings. The molecular formula is C29H22BrClFN3O4S. The van der Waals surface area contributed by atoms with Crippen LogP contribution in [0.3, 0.4) is 0 Å². The highest BCUT2D eigenvalue weighted by molar-refractivity contribution is 9.10. The Balaban J connectivity index is 1.29. The molecule has 1 saturated heterocycles. The van der Waals surface area contributed by atoms with Crippen molar-refractivity contribution in [2.75, 3.05) is 18.5 Å². The normalized spacial score (nSPS) is 14.4. The molecule has 0 radical (unpaired) electrons. The number of benzene rings is 3. The van der Waals surface area contributed by atoms with Crippen molar-refractivity contribution in [1.82, 2.24) is 9.47 Å². The van der Waals surface area contributed by atoms with Gasteiger partial charge in [0, 0.05) is 39.4 Å². The number of thioether (sulfide) groups is 1. The van der Waals surface area contributed by atoms with Crippen LogP contribution in [-0.2, 0) is 16.1 Å². The Morgan fingerprint density at radius 3 is 2.65 bits per heavy atom. The lowest BCUT2D eigenvalue weighted by atomic mass is 10.1. The molecule has 0 atom stereocenters. The Kier molecular flexibility index (Phi) is 8.58. The number of rotatable bonds is 9.